The molecular weight excluding hydrogens is 311 g/mol. The maximum atomic E-state index is 12.8. The first-order valence-corrected chi connectivity index (χ1v) is 7.76. The Labute approximate surface area is 132 Å². The highest BCUT2D eigenvalue weighted by atomic mass is 19.4. The normalized spacial score (nSPS) is 24.9. The number of halogens is 3. The molecule has 0 aliphatic carbocycles. The maximum Gasteiger partial charge on any atom is 0.433 e. The Morgan fingerprint density at radius 3 is 2.74 bits per heavy atom. The Morgan fingerprint density at radius 1 is 1.35 bits per heavy atom. The molecule has 1 spiro atoms. The predicted octanol–water partition coefficient (Wildman–Crippen LogP) is 2.66. The van der Waals surface area contributed by atoms with Gasteiger partial charge in [0.1, 0.15) is 5.69 Å². The predicted molar refractivity (Wildman–Crippen MR) is 77.2 cm³/mol. The molecule has 1 atom stereocenters. The van der Waals surface area contributed by atoms with Crippen molar-refractivity contribution in [2.75, 3.05) is 31.7 Å². The smallest absolute Gasteiger partial charge is 0.378 e. The molecule has 0 bridgehead atoms. The zero-order chi connectivity index (χ0) is 16.5. The SMILES string of the molecule is COC1CCCOC12CCN(c1nccc(C(F)(F)F)n1)CC2. The van der Waals surface area contributed by atoms with Crippen LogP contribution in [0.3, 0.4) is 0 Å². The number of hydrogen-bond donors (Lipinski definition) is 0. The Balaban J connectivity index is 1.72. The van der Waals surface area contributed by atoms with Gasteiger partial charge in [0.25, 0.3) is 0 Å². The summed E-state index contributed by atoms with van der Waals surface area (Å²) in [5.41, 5.74) is -1.24. The molecule has 0 amide bonds. The number of piperidine rings is 1. The third-order valence-corrected chi connectivity index (χ3v) is 4.70. The van der Waals surface area contributed by atoms with Gasteiger partial charge in [0.05, 0.1) is 11.7 Å². The van der Waals surface area contributed by atoms with Crippen LogP contribution in [0.2, 0.25) is 0 Å². The number of methoxy groups -OCH3 is 1. The van der Waals surface area contributed by atoms with Gasteiger partial charge in [-0.3, -0.25) is 0 Å². The van der Waals surface area contributed by atoms with Crippen LogP contribution in [0.4, 0.5) is 19.1 Å². The molecule has 5 nitrogen and oxygen atoms in total. The Morgan fingerprint density at radius 2 is 2.09 bits per heavy atom. The summed E-state index contributed by atoms with van der Waals surface area (Å²) in [5, 5.41) is 0. The van der Waals surface area contributed by atoms with Crippen LogP contribution in [-0.2, 0) is 15.7 Å². The second kappa shape index (κ2) is 6.24. The number of ether oxygens (including phenoxy) is 2. The standard InChI is InChI=1S/C15H20F3N3O2/c1-22-12-3-2-10-23-14(12)5-8-21(9-6-14)13-19-7-4-11(20-13)15(16,17)18/h4,7,12H,2-3,5-6,8-10H2,1H3. The number of hydrogen-bond acceptors (Lipinski definition) is 5. The fourth-order valence-electron chi connectivity index (χ4n) is 3.44. The highest BCUT2D eigenvalue weighted by Gasteiger charge is 2.45. The van der Waals surface area contributed by atoms with Crippen LogP contribution in [-0.4, -0.2) is 48.5 Å². The summed E-state index contributed by atoms with van der Waals surface area (Å²) in [5.74, 6) is 0.124. The zero-order valence-corrected chi connectivity index (χ0v) is 13.0. The number of rotatable bonds is 2. The Hall–Kier alpha value is -1.41. The molecule has 1 unspecified atom stereocenters. The molecule has 0 saturated carbocycles. The summed E-state index contributed by atoms with van der Waals surface area (Å²) in [4.78, 5) is 9.43. The number of nitrogens with zero attached hydrogens (tertiary/aromatic N) is 3. The van der Waals surface area contributed by atoms with Gasteiger partial charge in [0, 0.05) is 33.0 Å². The number of anilines is 1. The molecule has 1 aromatic rings. The van der Waals surface area contributed by atoms with Gasteiger partial charge < -0.3 is 14.4 Å². The topological polar surface area (TPSA) is 47.5 Å². The van der Waals surface area contributed by atoms with E-state index in [4.69, 9.17) is 9.47 Å². The molecule has 23 heavy (non-hydrogen) atoms. The first-order valence-electron chi connectivity index (χ1n) is 7.76. The van der Waals surface area contributed by atoms with Crippen LogP contribution in [0.25, 0.3) is 0 Å². The molecule has 0 aromatic carbocycles. The molecule has 3 rings (SSSR count). The van der Waals surface area contributed by atoms with E-state index in [9.17, 15) is 13.2 Å². The van der Waals surface area contributed by atoms with Crippen LogP contribution in [0.15, 0.2) is 12.3 Å². The molecule has 0 N–H and O–H groups in total. The van der Waals surface area contributed by atoms with Gasteiger partial charge >= 0.3 is 6.18 Å². The average Bonchev–Trinajstić information content (AvgIpc) is 2.55. The van der Waals surface area contributed by atoms with E-state index in [-0.39, 0.29) is 17.7 Å². The molecule has 1 aromatic heterocycles. The van der Waals surface area contributed by atoms with Crippen molar-refractivity contribution in [2.45, 2.75) is 43.6 Å². The second-order valence-electron chi connectivity index (χ2n) is 6.01. The summed E-state index contributed by atoms with van der Waals surface area (Å²) in [6, 6.07) is 0.889. The van der Waals surface area contributed by atoms with E-state index in [0.717, 1.165) is 25.1 Å². The molecule has 0 radical (unpaired) electrons. The minimum absolute atomic E-state index is 0.0424. The van der Waals surface area contributed by atoms with E-state index in [1.165, 1.54) is 0 Å². The van der Waals surface area contributed by atoms with E-state index >= 15 is 0 Å². The van der Waals surface area contributed by atoms with Crippen molar-refractivity contribution in [1.82, 2.24) is 9.97 Å². The summed E-state index contributed by atoms with van der Waals surface area (Å²) in [6.45, 7) is 1.82. The summed E-state index contributed by atoms with van der Waals surface area (Å²) >= 11 is 0. The minimum atomic E-state index is -4.46. The molecule has 2 aliphatic heterocycles. The van der Waals surface area contributed by atoms with Gasteiger partial charge in [-0.25, -0.2) is 9.97 Å². The lowest BCUT2D eigenvalue weighted by molar-refractivity contribution is -0.175. The highest BCUT2D eigenvalue weighted by Crippen LogP contribution is 2.37. The maximum absolute atomic E-state index is 12.8. The first-order chi connectivity index (χ1) is 10.9. The monoisotopic (exact) mass is 331 g/mol. The van der Waals surface area contributed by atoms with Crippen molar-refractivity contribution in [3.63, 3.8) is 0 Å². The molecule has 2 saturated heterocycles. The highest BCUT2D eigenvalue weighted by molar-refractivity contribution is 5.32. The lowest BCUT2D eigenvalue weighted by Crippen LogP contribution is -2.56. The quantitative estimate of drug-likeness (QED) is 0.834. The summed E-state index contributed by atoms with van der Waals surface area (Å²) < 4.78 is 49.9. The van der Waals surface area contributed by atoms with Gasteiger partial charge in [0.15, 0.2) is 0 Å². The van der Waals surface area contributed by atoms with Crippen LogP contribution < -0.4 is 4.90 Å². The van der Waals surface area contributed by atoms with Crippen LogP contribution in [0, 0.1) is 0 Å². The van der Waals surface area contributed by atoms with Gasteiger partial charge in [-0.05, 0) is 31.7 Å². The summed E-state index contributed by atoms with van der Waals surface area (Å²) in [6.07, 6.45) is 0.0706. The molecule has 128 valence electrons. The average molecular weight is 331 g/mol. The van der Waals surface area contributed by atoms with E-state index in [1.807, 2.05) is 0 Å². The lowest BCUT2D eigenvalue weighted by atomic mass is 9.82. The van der Waals surface area contributed by atoms with Crippen LogP contribution in [0.5, 0.6) is 0 Å². The van der Waals surface area contributed by atoms with Gasteiger partial charge in [0.2, 0.25) is 5.95 Å². The molecule has 3 heterocycles. The van der Waals surface area contributed by atoms with E-state index in [1.54, 1.807) is 12.0 Å². The van der Waals surface area contributed by atoms with Crippen molar-refractivity contribution in [2.24, 2.45) is 0 Å². The molecule has 8 heteroatoms. The first kappa shape index (κ1) is 16.4. The van der Waals surface area contributed by atoms with Gasteiger partial charge in [-0.1, -0.05) is 0 Å². The van der Waals surface area contributed by atoms with Crippen molar-refractivity contribution in [3.8, 4) is 0 Å². The van der Waals surface area contributed by atoms with Crippen LogP contribution >= 0.6 is 0 Å². The minimum Gasteiger partial charge on any atom is -0.378 e. The molecule has 2 fully saturated rings. The zero-order valence-electron chi connectivity index (χ0n) is 13.0. The lowest BCUT2D eigenvalue weighted by Gasteiger charge is -2.48. The Kier molecular flexibility index (Phi) is 4.46. The second-order valence-corrected chi connectivity index (χ2v) is 6.01. The van der Waals surface area contributed by atoms with E-state index < -0.39 is 11.9 Å². The van der Waals surface area contributed by atoms with Crippen molar-refractivity contribution >= 4 is 5.95 Å². The van der Waals surface area contributed by atoms with Gasteiger partial charge in [-0.15, -0.1) is 0 Å². The molecule has 2 aliphatic rings. The fraction of sp³-hybridized carbons (Fsp3) is 0.733. The van der Waals surface area contributed by atoms with Crippen molar-refractivity contribution in [3.05, 3.63) is 18.0 Å². The Bertz CT molecular complexity index is 545. The van der Waals surface area contributed by atoms with Crippen molar-refractivity contribution < 1.29 is 22.6 Å². The largest absolute Gasteiger partial charge is 0.433 e. The van der Waals surface area contributed by atoms with Gasteiger partial charge in [-0.2, -0.15) is 13.2 Å². The third-order valence-electron chi connectivity index (χ3n) is 4.70. The van der Waals surface area contributed by atoms with Crippen molar-refractivity contribution in [1.29, 1.82) is 0 Å². The summed E-state index contributed by atoms with van der Waals surface area (Å²) in [7, 11) is 1.68. The number of aromatic nitrogens is 2. The van der Waals surface area contributed by atoms with E-state index in [0.29, 0.717) is 32.5 Å². The third kappa shape index (κ3) is 3.28. The molecular formula is C15H20F3N3O2. The number of alkyl halides is 3. The van der Waals surface area contributed by atoms with Crippen LogP contribution in [0.1, 0.15) is 31.4 Å². The fourth-order valence-corrected chi connectivity index (χ4v) is 3.44. The van der Waals surface area contributed by atoms with E-state index in [2.05, 4.69) is 9.97 Å².